The number of nitrogens with one attached hydrogen (secondary N) is 2. The number of halogens is 1. The highest BCUT2D eigenvalue weighted by Gasteiger charge is 2.30. The SMILES string of the molecule is CNC1C(=O)Nc2cc(N3CCCCC3)c(Br)cc21. The number of amides is 1. The number of hydrogen-bond donors (Lipinski definition) is 2. The zero-order valence-electron chi connectivity index (χ0n) is 11.0. The Labute approximate surface area is 121 Å². The Morgan fingerprint density at radius 1 is 1.32 bits per heavy atom. The number of benzene rings is 1. The topological polar surface area (TPSA) is 44.4 Å². The average Bonchev–Trinajstić information content (AvgIpc) is 2.73. The number of piperidine rings is 1. The van der Waals surface area contributed by atoms with Gasteiger partial charge >= 0.3 is 0 Å². The van der Waals surface area contributed by atoms with Crippen molar-refractivity contribution in [2.24, 2.45) is 0 Å². The van der Waals surface area contributed by atoms with Crippen LogP contribution in [0.5, 0.6) is 0 Å². The molecule has 1 fully saturated rings. The fourth-order valence-electron chi connectivity index (χ4n) is 2.93. The van der Waals surface area contributed by atoms with Crippen LogP contribution < -0.4 is 15.5 Å². The van der Waals surface area contributed by atoms with Crippen LogP contribution in [-0.2, 0) is 4.79 Å². The van der Waals surface area contributed by atoms with Crippen LogP contribution in [0, 0.1) is 0 Å². The van der Waals surface area contributed by atoms with Gasteiger partial charge in [0.1, 0.15) is 6.04 Å². The minimum Gasteiger partial charge on any atom is -0.371 e. The highest BCUT2D eigenvalue weighted by molar-refractivity contribution is 9.10. The second-order valence-electron chi connectivity index (χ2n) is 5.15. The van der Waals surface area contributed by atoms with Gasteiger partial charge in [0.2, 0.25) is 5.91 Å². The number of rotatable bonds is 2. The van der Waals surface area contributed by atoms with Gasteiger partial charge in [-0.25, -0.2) is 0 Å². The van der Waals surface area contributed by atoms with Crippen LogP contribution >= 0.6 is 15.9 Å². The zero-order chi connectivity index (χ0) is 13.4. The number of fused-ring (bicyclic) bond motifs is 1. The van der Waals surface area contributed by atoms with Crippen molar-refractivity contribution in [3.8, 4) is 0 Å². The smallest absolute Gasteiger partial charge is 0.246 e. The molecule has 1 atom stereocenters. The van der Waals surface area contributed by atoms with E-state index < -0.39 is 0 Å². The number of carbonyl (C=O) groups is 1. The summed E-state index contributed by atoms with van der Waals surface area (Å²) in [6.07, 6.45) is 3.81. The fraction of sp³-hybridized carbons (Fsp3) is 0.500. The van der Waals surface area contributed by atoms with Gasteiger partial charge in [-0.05, 0) is 54.4 Å². The first-order valence-corrected chi connectivity index (χ1v) is 7.56. The molecule has 1 aromatic carbocycles. The van der Waals surface area contributed by atoms with E-state index in [4.69, 9.17) is 0 Å². The van der Waals surface area contributed by atoms with Gasteiger partial charge < -0.3 is 15.5 Å². The second kappa shape index (κ2) is 5.13. The lowest BCUT2D eigenvalue weighted by molar-refractivity contribution is -0.117. The Balaban J connectivity index is 1.96. The molecule has 2 heterocycles. The molecule has 0 saturated carbocycles. The van der Waals surface area contributed by atoms with Gasteiger partial charge in [-0.1, -0.05) is 0 Å². The van der Waals surface area contributed by atoms with Crippen LogP contribution in [0.1, 0.15) is 30.9 Å². The van der Waals surface area contributed by atoms with Crippen molar-refractivity contribution in [1.82, 2.24) is 5.32 Å². The van der Waals surface area contributed by atoms with Crippen LogP contribution in [0.15, 0.2) is 16.6 Å². The molecule has 5 heteroatoms. The van der Waals surface area contributed by atoms with E-state index in [9.17, 15) is 4.79 Å². The van der Waals surface area contributed by atoms with Crippen LogP contribution in [-0.4, -0.2) is 26.0 Å². The molecule has 19 heavy (non-hydrogen) atoms. The van der Waals surface area contributed by atoms with Gasteiger partial charge in [0.05, 0.1) is 5.69 Å². The summed E-state index contributed by atoms with van der Waals surface area (Å²) < 4.78 is 1.07. The minimum absolute atomic E-state index is 0.0280. The molecule has 2 aliphatic rings. The molecule has 2 N–H and O–H groups in total. The van der Waals surface area contributed by atoms with Gasteiger partial charge in [-0.3, -0.25) is 4.79 Å². The fourth-order valence-corrected chi connectivity index (χ4v) is 3.55. The van der Waals surface area contributed by atoms with Crippen molar-refractivity contribution < 1.29 is 4.79 Å². The molecule has 0 spiro atoms. The van der Waals surface area contributed by atoms with Crippen molar-refractivity contribution >= 4 is 33.2 Å². The molecule has 2 aliphatic heterocycles. The summed E-state index contributed by atoms with van der Waals surface area (Å²) in [5.41, 5.74) is 3.16. The molecule has 1 saturated heterocycles. The number of hydrogen-bond acceptors (Lipinski definition) is 3. The van der Waals surface area contributed by atoms with E-state index in [2.05, 4.69) is 43.6 Å². The number of carbonyl (C=O) groups excluding carboxylic acids is 1. The lowest BCUT2D eigenvalue weighted by Gasteiger charge is -2.30. The zero-order valence-corrected chi connectivity index (χ0v) is 12.6. The van der Waals surface area contributed by atoms with Crippen molar-refractivity contribution in [2.45, 2.75) is 25.3 Å². The molecule has 4 nitrogen and oxygen atoms in total. The highest BCUT2D eigenvalue weighted by Crippen LogP contribution is 2.39. The minimum atomic E-state index is -0.235. The normalized spacial score (nSPS) is 22.3. The third-order valence-electron chi connectivity index (χ3n) is 3.94. The summed E-state index contributed by atoms with van der Waals surface area (Å²) in [6, 6.07) is 3.93. The van der Waals surface area contributed by atoms with Crippen LogP contribution in [0.2, 0.25) is 0 Å². The Bertz CT molecular complexity index is 512. The van der Waals surface area contributed by atoms with Gasteiger partial charge in [-0.15, -0.1) is 0 Å². The maximum atomic E-state index is 11.9. The molecule has 1 aromatic rings. The first kappa shape index (κ1) is 12.9. The van der Waals surface area contributed by atoms with E-state index in [0.717, 1.165) is 28.8 Å². The third-order valence-corrected chi connectivity index (χ3v) is 4.57. The third kappa shape index (κ3) is 2.25. The molecule has 0 aromatic heterocycles. The number of anilines is 2. The Morgan fingerprint density at radius 3 is 2.74 bits per heavy atom. The Kier molecular flexibility index (Phi) is 3.50. The number of nitrogens with zero attached hydrogens (tertiary/aromatic N) is 1. The van der Waals surface area contributed by atoms with E-state index in [1.165, 1.54) is 24.9 Å². The van der Waals surface area contributed by atoms with E-state index in [1.807, 2.05) is 7.05 Å². The van der Waals surface area contributed by atoms with Crippen molar-refractivity contribution in [2.75, 3.05) is 30.4 Å². The quantitative estimate of drug-likeness (QED) is 0.879. The molecule has 0 radical (unpaired) electrons. The second-order valence-corrected chi connectivity index (χ2v) is 6.00. The largest absolute Gasteiger partial charge is 0.371 e. The predicted octanol–water partition coefficient (Wildman–Crippen LogP) is 2.65. The summed E-state index contributed by atoms with van der Waals surface area (Å²) in [7, 11) is 1.81. The molecule has 0 bridgehead atoms. The maximum Gasteiger partial charge on any atom is 0.246 e. The first-order valence-electron chi connectivity index (χ1n) is 6.77. The summed E-state index contributed by atoms with van der Waals surface area (Å²) in [6.45, 7) is 2.20. The number of likely N-dealkylation sites (N-methyl/N-ethyl adjacent to an activating group) is 1. The molecule has 0 aliphatic carbocycles. The monoisotopic (exact) mass is 323 g/mol. The molecule has 102 valence electrons. The predicted molar refractivity (Wildman–Crippen MR) is 80.6 cm³/mol. The van der Waals surface area contributed by atoms with Crippen LogP contribution in [0.4, 0.5) is 11.4 Å². The summed E-state index contributed by atoms with van der Waals surface area (Å²) in [4.78, 5) is 14.3. The lowest BCUT2D eigenvalue weighted by atomic mass is 10.1. The first-order chi connectivity index (χ1) is 9.20. The van der Waals surface area contributed by atoms with E-state index in [0.29, 0.717) is 0 Å². The summed E-state index contributed by atoms with van der Waals surface area (Å²) >= 11 is 3.65. The van der Waals surface area contributed by atoms with Gasteiger partial charge in [0.15, 0.2) is 0 Å². The van der Waals surface area contributed by atoms with Crippen molar-refractivity contribution in [3.63, 3.8) is 0 Å². The highest BCUT2D eigenvalue weighted by atomic mass is 79.9. The van der Waals surface area contributed by atoms with Crippen molar-refractivity contribution in [3.05, 3.63) is 22.2 Å². The van der Waals surface area contributed by atoms with Gasteiger partial charge in [0.25, 0.3) is 0 Å². The molecule has 1 amide bonds. The summed E-state index contributed by atoms with van der Waals surface area (Å²) in [5.74, 6) is 0.0280. The Hall–Kier alpha value is -1.07. The van der Waals surface area contributed by atoms with Crippen molar-refractivity contribution in [1.29, 1.82) is 0 Å². The summed E-state index contributed by atoms with van der Waals surface area (Å²) in [5, 5.41) is 6.01. The van der Waals surface area contributed by atoms with Gasteiger partial charge in [-0.2, -0.15) is 0 Å². The van der Waals surface area contributed by atoms with E-state index in [-0.39, 0.29) is 11.9 Å². The molecule has 3 rings (SSSR count). The van der Waals surface area contributed by atoms with E-state index >= 15 is 0 Å². The van der Waals surface area contributed by atoms with Crippen LogP contribution in [0.3, 0.4) is 0 Å². The molecular formula is C14H18BrN3O. The Morgan fingerprint density at radius 2 is 2.05 bits per heavy atom. The lowest BCUT2D eigenvalue weighted by Crippen LogP contribution is -2.29. The molecule has 1 unspecified atom stereocenters. The molecular weight excluding hydrogens is 306 g/mol. The van der Waals surface area contributed by atoms with E-state index in [1.54, 1.807) is 0 Å². The average molecular weight is 324 g/mol. The van der Waals surface area contributed by atoms with Gasteiger partial charge in [0, 0.05) is 28.8 Å². The maximum absolute atomic E-state index is 11.9. The standard InChI is InChI=1S/C14H18BrN3O/c1-16-13-9-7-10(15)12(8-11(9)17-14(13)19)18-5-3-2-4-6-18/h7-8,13,16H,2-6H2,1H3,(H,17,19). The van der Waals surface area contributed by atoms with Crippen LogP contribution in [0.25, 0.3) is 0 Å².